The summed E-state index contributed by atoms with van der Waals surface area (Å²) in [6, 6.07) is 17.5. The number of hydrogen-bond acceptors (Lipinski definition) is 4. The van der Waals surface area contributed by atoms with Crippen LogP contribution in [0.2, 0.25) is 0 Å². The molecule has 0 unspecified atom stereocenters. The molecule has 0 saturated heterocycles. The Morgan fingerprint density at radius 3 is 2.46 bits per heavy atom. The first kappa shape index (κ1) is 15.5. The molecule has 0 spiro atoms. The first-order chi connectivity index (χ1) is 11.6. The van der Waals surface area contributed by atoms with E-state index in [0.717, 1.165) is 10.4 Å². The van der Waals surface area contributed by atoms with Crippen LogP contribution in [0.25, 0.3) is 0 Å². The van der Waals surface area contributed by atoms with E-state index in [2.05, 4.69) is 10.4 Å². The smallest absolute Gasteiger partial charge is 0.298 e. The third-order valence-electron chi connectivity index (χ3n) is 3.43. The Labute approximate surface area is 138 Å². The molecule has 0 saturated carbocycles. The average molecular weight is 321 g/mol. The molecular weight excluding hydrogens is 306 g/mol. The van der Waals surface area contributed by atoms with E-state index >= 15 is 0 Å². The Bertz CT molecular complexity index is 872. The second kappa shape index (κ2) is 6.78. The summed E-state index contributed by atoms with van der Waals surface area (Å²) in [6.07, 6.45) is 0.673. The van der Waals surface area contributed by atoms with E-state index in [1.54, 1.807) is 36.4 Å². The molecule has 0 aliphatic heterocycles. The van der Waals surface area contributed by atoms with Crippen LogP contribution >= 0.6 is 0 Å². The number of nitrogens with zero attached hydrogens (tertiary/aromatic N) is 2. The normalized spacial score (nSPS) is 10.2. The van der Waals surface area contributed by atoms with Crippen molar-refractivity contribution in [1.29, 1.82) is 0 Å². The molecule has 6 heteroatoms. The maximum atomic E-state index is 12.4. The van der Waals surface area contributed by atoms with Gasteiger partial charge < -0.3 is 0 Å². The van der Waals surface area contributed by atoms with Crippen molar-refractivity contribution in [1.82, 2.24) is 9.94 Å². The second-order valence-electron chi connectivity index (χ2n) is 5.10. The first-order valence-electron chi connectivity index (χ1n) is 7.34. The van der Waals surface area contributed by atoms with E-state index in [4.69, 9.17) is 4.84 Å². The number of anilines is 1. The van der Waals surface area contributed by atoms with Crippen molar-refractivity contribution in [3.05, 3.63) is 83.7 Å². The minimum atomic E-state index is -0.727. The van der Waals surface area contributed by atoms with Crippen LogP contribution in [0.4, 0.5) is 10.5 Å². The van der Waals surface area contributed by atoms with Crippen LogP contribution in [0.1, 0.15) is 21.6 Å². The molecule has 1 amide bonds. The Morgan fingerprint density at radius 2 is 1.71 bits per heavy atom. The van der Waals surface area contributed by atoms with Crippen molar-refractivity contribution in [2.24, 2.45) is 0 Å². The Morgan fingerprint density at radius 1 is 1.00 bits per heavy atom. The topological polar surface area (TPSA) is 73.2 Å². The maximum absolute atomic E-state index is 12.4. The van der Waals surface area contributed by atoms with Crippen LogP contribution in [-0.4, -0.2) is 21.8 Å². The summed E-state index contributed by atoms with van der Waals surface area (Å²) in [5.74, 6) is -0.281. The highest BCUT2D eigenvalue weighted by Crippen LogP contribution is 2.13. The summed E-state index contributed by atoms with van der Waals surface area (Å²) in [5, 5.41) is 6.50. The van der Waals surface area contributed by atoms with Gasteiger partial charge in [-0.15, -0.1) is 5.10 Å². The molecule has 3 rings (SSSR count). The van der Waals surface area contributed by atoms with Crippen molar-refractivity contribution >= 4 is 17.6 Å². The molecule has 0 atom stereocenters. The Hall–Kier alpha value is -3.41. The molecule has 1 heterocycles. The SMILES string of the molecule is Cc1ccccc1NC(=O)On1nccc1C(=O)c1ccccc1. The summed E-state index contributed by atoms with van der Waals surface area (Å²) < 4.78 is 0. The lowest BCUT2D eigenvalue weighted by Crippen LogP contribution is -2.28. The number of para-hydroxylation sites is 1. The van der Waals surface area contributed by atoms with E-state index < -0.39 is 6.09 Å². The van der Waals surface area contributed by atoms with Gasteiger partial charge in [-0.1, -0.05) is 53.4 Å². The molecule has 6 nitrogen and oxygen atoms in total. The van der Waals surface area contributed by atoms with Gasteiger partial charge in [-0.05, 0) is 24.6 Å². The zero-order valence-electron chi connectivity index (χ0n) is 13.0. The third-order valence-corrected chi connectivity index (χ3v) is 3.43. The number of amides is 1. The van der Waals surface area contributed by atoms with Crippen LogP contribution in [0.15, 0.2) is 66.9 Å². The minimum Gasteiger partial charge on any atom is -0.298 e. The van der Waals surface area contributed by atoms with Gasteiger partial charge in [0.1, 0.15) is 0 Å². The van der Waals surface area contributed by atoms with Gasteiger partial charge in [0.25, 0.3) is 0 Å². The second-order valence-corrected chi connectivity index (χ2v) is 5.10. The highest BCUT2D eigenvalue weighted by Gasteiger charge is 2.17. The maximum Gasteiger partial charge on any atom is 0.437 e. The predicted molar refractivity (Wildman–Crippen MR) is 88.9 cm³/mol. The van der Waals surface area contributed by atoms with Crippen molar-refractivity contribution in [2.45, 2.75) is 6.92 Å². The van der Waals surface area contributed by atoms with Crippen molar-refractivity contribution in [3.63, 3.8) is 0 Å². The van der Waals surface area contributed by atoms with Crippen LogP contribution in [0.5, 0.6) is 0 Å². The zero-order valence-corrected chi connectivity index (χ0v) is 13.0. The minimum absolute atomic E-state index is 0.168. The molecule has 3 aromatic rings. The van der Waals surface area contributed by atoms with E-state index in [0.29, 0.717) is 11.3 Å². The fraction of sp³-hybridized carbons (Fsp3) is 0.0556. The highest BCUT2D eigenvalue weighted by atomic mass is 16.7. The van der Waals surface area contributed by atoms with Gasteiger partial charge in [0.05, 0.1) is 6.20 Å². The summed E-state index contributed by atoms with van der Waals surface area (Å²) in [7, 11) is 0. The number of hydrogen-bond donors (Lipinski definition) is 1. The molecule has 2 aromatic carbocycles. The number of carbonyl (C=O) groups excluding carboxylic acids is 2. The van der Waals surface area contributed by atoms with Gasteiger partial charge >= 0.3 is 6.09 Å². The fourth-order valence-electron chi connectivity index (χ4n) is 2.19. The predicted octanol–water partition coefficient (Wildman–Crippen LogP) is 3.08. The summed E-state index contributed by atoms with van der Waals surface area (Å²) in [5.41, 5.74) is 2.18. The number of aromatic nitrogens is 2. The number of benzene rings is 2. The molecule has 0 radical (unpaired) electrons. The number of carbonyl (C=O) groups is 2. The Balaban J connectivity index is 1.75. The van der Waals surface area contributed by atoms with Crippen LogP contribution in [0, 0.1) is 6.92 Å². The lowest BCUT2D eigenvalue weighted by Gasteiger charge is -2.09. The number of rotatable bonds is 4. The van der Waals surface area contributed by atoms with E-state index in [-0.39, 0.29) is 11.5 Å². The largest absolute Gasteiger partial charge is 0.437 e. The molecule has 0 aliphatic rings. The Kier molecular flexibility index (Phi) is 4.38. The third kappa shape index (κ3) is 3.33. The lowest BCUT2D eigenvalue weighted by molar-refractivity contribution is 0.0957. The molecule has 0 aliphatic carbocycles. The lowest BCUT2D eigenvalue weighted by atomic mass is 10.1. The molecule has 0 fully saturated rings. The van der Waals surface area contributed by atoms with Gasteiger partial charge in [0, 0.05) is 11.3 Å². The van der Waals surface area contributed by atoms with E-state index in [1.165, 1.54) is 12.3 Å². The van der Waals surface area contributed by atoms with Crippen molar-refractivity contribution < 1.29 is 14.4 Å². The van der Waals surface area contributed by atoms with Crippen LogP contribution < -0.4 is 10.2 Å². The van der Waals surface area contributed by atoms with Crippen molar-refractivity contribution in [3.8, 4) is 0 Å². The molecule has 120 valence electrons. The van der Waals surface area contributed by atoms with Gasteiger partial charge in [-0.2, -0.15) is 0 Å². The zero-order chi connectivity index (χ0) is 16.9. The van der Waals surface area contributed by atoms with Crippen LogP contribution in [0.3, 0.4) is 0 Å². The highest BCUT2D eigenvalue weighted by molar-refractivity contribution is 6.07. The van der Waals surface area contributed by atoms with Crippen molar-refractivity contribution in [2.75, 3.05) is 5.32 Å². The molecule has 1 N–H and O–H groups in total. The monoisotopic (exact) mass is 321 g/mol. The summed E-state index contributed by atoms with van der Waals surface area (Å²) in [4.78, 5) is 30.5. The number of ketones is 1. The first-order valence-corrected chi connectivity index (χ1v) is 7.34. The van der Waals surface area contributed by atoms with Crippen LogP contribution in [-0.2, 0) is 0 Å². The average Bonchev–Trinajstić information content (AvgIpc) is 3.05. The quantitative estimate of drug-likeness (QED) is 0.750. The summed E-state index contributed by atoms with van der Waals surface area (Å²) in [6.45, 7) is 1.87. The van der Waals surface area contributed by atoms with Gasteiger partial charge in [0.15, 0.2) is 5.69 Å². The summed E-state index contributed by atoms with van der Waals surface area (Å²) >= 11 is 0. The van der Waals surface area contributed by atoms with Gasteiger partial charge in [-0.25, -0.2) is 4.79 Å². The molecular formula is C18H15N3O3. The van der Waals surface area contributed by atoms with Gasteiger partial charge in [0.2, 0.25) is 5.78 Å². The molecule has 0 bridgehead atoms. The van der Waals surface area contributed by atoms with E-state index in [9.17, 15) is 9.59 Å². The molecule has 1 aromatic heterocycles. The van der Waals surface area contributed by atoms with E-state index in [1.807, 2.05) is 25.1 Å². The number of nitrogens with one attached hydrogen (secondary N) is 1. The van der Waals surface area contributed by atoms with Gasteiger partial charge in [-0.3, -0.25) is 14.9 Å². The molecule has 24 heavy (non-hydrogen) atoms. The number of aryl methyl sites for hydroxylation is 1. The fourth-order valence-corrected chi connectivity index (χ4v) is 2.19. The standard InChI is InChI=1S/C18H15N3O3/c1-13-7-5-6-10-15(13)20-18(23)24-21-16(11-12-19-21)17(22)14-8-3-2-4-9-14/h2-12H,1H3,(H,20,23).